The van der Waals surface area contributed by atoms with Crippen molar-refractivity contribution >= 4 is 17.8 Å². The minimum Gasteiger partial charge on any atom is -0.469 e. The Hall–Kier alpha value is -2.45. The third-order valence-electron chi connectivity index (χ3n) is 6.41. The number of carbonyl (C=O) groups is 3. The van der Waals surface area contributed by atoms with Gasteiger partial charge in [-0.25, -0.2) is 0 Å². The van der Waals surface area contributed by atoms with Crippen molar-refractivity contribution in [2.75, 3.05) is 20.2 Å². The van der Waals surface area contributed by atoms with Gasteiger partial charge in [0.15, 0.2) is 0 Å². The number of nitrogens with zero attached hydrogens (tertiary/aromatic N) is 3. The van der Waals surface area contributed by atoms with E-state index in [9.17, 15) is 14.4 Å². The summed E-state index contributed by atoms with van der Waals surface area (Å²) in [7, 11) is 1.33. The summed E-state index contributed by atoms with van der Waals surface area (Å²) in [6.45, 7) is 6.06. The van der Waals surface area contributed by atoms with Crippen LogP contribution >= 0.6 is 0 Å². The van der Waals surface area contributed by atoms with E-state index in [4.69, 9.17) is 14.0 Å². The highest BCUT2D eigenvalue weighted by atomic mass is 16.6. The predicted molar refractivity (Wildman–Crippen MR) is 119 cm³/mol. The number of rotatable bonds is 9. The minimum atomic E-state index is -0.576. The second-order valence-corrected chi connectivity index (χ2v) is 10.3. The third kappa shape index (κ3) is 7.27. The Morgan fingerprint density at radius 3 is 2.48 bits per heavy atom. The maximum atomic E-state index is 12.6. The fourth-order valence-corrected chi connectivity index (χ4v) is 4.62. The number of hydrogen-bond acceptors (Lipinski definition) is 8. The van der Waals surface area contributed by atoms with Crippen molar-refractivity contribution in [1.82, 2.24) is 15.0 Å². The van der Waals surface area contributed by atoms with Gasteiger partial charge in [-0.1, -0.05) is 50.1 Å². The summed E-state index contributed by atoms with van der Waals surface area (Å²) in [4.78, 5) is 42.5. The second kappa shape index (κ2) is 11.1. The molecule has 3 rings (SSSR count). The molecular weight excluding hydrogens is 426 g/mol. The van der Waals surface area contributed by atoms with Crippen molar-refractivity contribution in [3.63, 3.8) is 0 Å². The molecule has 1 amide bonds. The fraction of sp³-hybridized carbons (Fsp3) is 0.792. The molecule has 1 aromatic rings. The van der Waals surface area contributed by atoms with Gasteiger partial charge in [0.05, 0.1) is 19.4 Å². The number of ether oxygens (including phenoxy) is 2. The van der Waals surface area contributed by atoms with Gasteiger partial charge in [0.2, 0.25) is 5.89 Å². The summed E-state index contributed by atoms with van der Waals surface area (Å²) in [5.74, 6) is -0.657. The summed E-state index contributed by atoms with van der Waals surface area (Å²) >= 11 is 0. The second-order valence-electron chi connectivity index (χ2n) is 10.3. The van der Waals surface area contributed by atoms with Crippen molar-refractivity contribution in [2.45, 2.75) is 90.1 Å². The maximum absolute atomic E-state index is 12.6. The minimum absolute atomic E-state index is 0.0465. The SMILES string of the molecule is COC(=O)C1CN(C(=O)c2noc(C(CCCC3CCCCC3)CC(=O)OC(C)(C)C)n2)C1. The van der Waals surface area contributed by atoms with E-state index in [1.807, 2.05) is 20.8 Å². The zero-order valence-electron chi connectivity index (χ0n) is 20.3. The molecule has 2 heterocycles. The van der Waals surface area contributed by atoms with Gasteiger partial charge in [-0.05, 0) is 33.1 Å². The molecule has 2 aliphatic rings. The first-order valence-corrected chi connectivity index (χ1v) is 12.1. The molecular formula is C24H37N3O6. The highest BCUT2D eigenvalue weighted by Gasteiger charge is 2.38. The van der Waals surface area contributed by atoms with Gasteiger partial charge in [-0.2, -0.15) is 4.98 Å². The van der Waals surface area contributed by atoms with Crippen molar-refractivity contribution in [3.05, 3.63) is 11.7 Å². The molecule has 0 N–H and O–H groups in total. The van der Waals surface area contributed by atoms with Crippen LogP contribution in [0.5, 0.6) is 0 Å². The highest BCUT2D eigenvalue weighted by Crippen LogP contribution is 2.32. The normalized spacial score (nSPS) is 18.5. The van der Waals surface area contributed by atoms with Crippen LogP contribution in [0, 0.1) is 11.8 Å². The van der Waals surface area contributed by atoms with Crippen molar-refractivity contribution in [1.29, 1.82) is 0 Å². The number of likely N-dealkylation sites (tertiary alicyclic amines) is 1. The quantitative estimate of drug-likeness (QED) is 0.507. The van der Waals surface area contributed by atoms with Crippen LogP contribution in [-0.4, -0.2) is 58.7 Å². The van der Waals surface area contributed by atoms with Crippen LogP contribution in [-0.2, 0) is 19.1 Å². The predicted octanol–water partition coefficient (Wildman–Crippen LogP) is 3.88. The average Bonchev–Trinajstić information content (AvgIpc) is 3.21. The van der Waals surface area contributed by atoms with E-state index in [1.54, 1.807) is 0 Å². The molecule has 184 valence electrons. The molecule has 1 saturated carbocycles. The molecule has 9 heteroatoms. The Kier molecular flexibility index (Phi) is 8.48. The molecule has 2 fully saturated rings. The molecule has 0 aromatic carbocycles. The first-order chi connectivity index (χ1) is 15.7. The molecule has 1 aliphatic carbocycles. The van der Waals surface area contributed by atoms with Gasteiger partial charge in [0.1, 0.15) is 5.60 Å². The summed E-state index contributed by atoms with van der Waals surface area (Å²) < 4.78 is 15.6. The van der Waals surface area contributed by atoms with Crippen LogP contribution in [0.15, 0.2) is 4.52 Å². The van der Waals surface area contributed by atoms with Gasteiger partial charge in [-0.15, -0.1) is 0 Å². The van der Waals surface area contributed by atoms with Gasteiger partial charge in [0, 0.05) is 19.0 Å². The van der Waals surface area contributed by atoms with E-state index in [2.05, 4.69) is 10.1 Å². The van der Waals surface area contributed by atoms with Gasteiger partial charge < -0.3 is 18.9 Å². The maximum Gasteiger partial charge on any atom is 0.312 e. The average molecular weight is 464 g/mol. The van der Waals surface area contributed by atoms with Crippen molar-refractivity contribution in [2.24, 2.45) is 11.8 Å². The monoisotopic (exact) mass is 463 g/mol. The van der Waals surface area contributed by atoms with Crippen LogP contribution in [0.2, 0.25) is 0 Å². The summed E-state index contributed by atoms with van der Waals surface area (Å²) in [6, 6.07) is 0. The Balaban J connectivity index is 1.61. The molecule has 1 saturated heterocycles. The van der Waals surface area contributed by atoms with Gasteiger partial charge in [0.25, 0.3) is 11.7 Å². The summed E-state index contributed by atoms with van der Waals surface area (Å²) in [6.07, 6.45) is 9.41. The lowest BCUT2D eigenvalue weighted by atomic mass is 9.84. The summed E-state index contributed by atoms with van der Waals surface area (Å²) in [5, 5.41) is 3.86. The Bertz CT molecular complexity index is 818. The Labute approximate surface area is 195 Å². The van der Waals surface area contributed by atoms with Gasteiger partial charge in [-0.3, -0.25) is 14.4 Å². The lowest BCUT2D eigenvalue weighted by Crippen LogP contribution is -2.53. The van der Waals surface area contributed by atoms with Gasteiger partial charge >= 0.3 is 11.9 Å². The Morgan fingerprint density at radius 2 is 1.85 bits per heavy atom. The van der Waals surface area contributed by atoms with Crippen molar-refractivity contribution in [3.8, 4) is 0 Å². The topological polar surface area (TPSA) is 112 Å². The molecule has 0 radical (unpaired) electrons. The van der Waals surface area contributed by atoms with E-state index in [-0.39, 0.29) is 60.9 Å². The molecule has 0 spiro atoms. The number of carbonyl (C=O) groups excluding carboxylic acids is 3. The first kappa shape index (κ1) is 25.2. The molecule has 1 aliphatic heterocycles. The van der Waals surface area contributed by atoms with Crippen LogP contribution in [0.4, 0.5) is 0 Å². The number of aromatic nitrogens is 2. The molecule has 9 nitrogen and oxygen atoms in total. The number of esters is 2. The highest BCUT2D eigenvalue weighted by molar-refractivity contribution is 5.92. The largest absolute Gasteiger partial charge is 0.469 e. The van der Waals surface area contributed by atoms with Crippen molar-refractivity contribution < 1.29 is 28.4 Å². The lowest BCUT2D eigenvalue weighted by molar-refractivity contribution is -0.155. The zero-order valence-corrected chi connectivity index (χ0v) is 20.3. The number of hydrogen-bond donors (Lipinski definition) is 0. The molecule has 1 unspecified atom stereocenters. The molecule has 1 atom stereocenters. The molecule has 1 aromatic heterocycles. The third-order valence-corrected chi connectivity index (χ3v) is 6.41. The van der Waals surface area contributed by atoms with E-state index >= 15 is 0 Å². The van der Waals surface area contributed by atoms with E-state index in [0.29, 0.717) is 0 Å². The smallest absolute Gasteiger partial charge is 0.312 e. The van der Waals surface area contributed by atoms with E-state index < -0.39 is 5.60 Å². The van der Waals surface area contributed by atoms with Crippen LogP contribution < -0.4 is 0 Å². The number of methoxy groups -OCH3 is 1. The number of amides is 1. The molecule has 33 heavy (non-hydrogen) atoms. The van der Waals surface area contributed by atoms with Crippen LogP contribution in [0.25, 0.3) is 0 Å². The van der Waals surface area contributed by atoms with Crippen LogP contribution in [0.3, 0.4) is 0 Å². The standard InChI is InChI=1S/C24H37N3O6/c1-24(2,3)32-19(28)13-17(12-8-11-16-9-6-5-7-10-16)21-25-20(26-33-21)22(29)27-14-18(15-27)23(30)31-4/h16-18H,5-15H2,1-4H3. The lowest BCUT2D eigenvalue weighted by Gasteiger charge is -2.36. The molecule has 0 bridgehead atoms. The van der Waals surface area contributed by atoms with E-state index in [0.717, 1.165) is 25.2 Å². The van der Waals surface area contributed by atoms with E-state index in [1.165, 1.54) is 44.1 Å². The summed E-state index contributed by atoms with van der Waals surface area (Å²) in [5.41, 5.74) is -0.576. The fourth-order valence-electron chi connectivity index (χ4n) is 4.62. The van der Waals surface area contributed by atoms with Crippen LogP contribution in [0.1, 0.15) is 101 Å². The Morgan fingerprint density at radius 1 is 1.15 bits per heavy atom. The zero-order chi connectivity index (χ0) is 24.0. The first-order valence-electron chi connectivity index (χ1n) is 12.1.